The van der Waals surface area contributed by atoms with Crippen LogP contribution in [0.5, 0.6) is 0 Å². The summed E-state index contributed by atoms with van der Waals surface area (Å²) in [5.41, 5.74) is 0.652. The molecule has 8 nitrogen and oxygen atoms in total. The van der Waals surface area contributed by atoms with Gasteiger partial charge in [0.2, 0.25) is 5.91 Å². The molecule has 2 aromatic heterocycles. The van der Waals surface area contributed by atoms with Crippen LogP contribution in [-0.4, -0.2) is 27.2 Å². The molecule has 10 heteroatoms. The summed E-state index contributed by atoms with van der Waals surface area (Å²) < 4.78 is 6.50. The molecule has 0 aliphatic heterocycles. The van der Waals surface area contributed by atoms with Crippen molar-refractivity contribution in [1.29, 1.82) is 0 Å². The van der Waals surface area contributed by atoms with Crippen molar-refractivity contribution < 1.29 is 14.0 Å². The van der Waals surface area contributed by atoms with Gasteiger partial charge in [-0.25, -0.2) is 9.78 Å². The van der Waals surface area contributed by atoms with E-state index < -0.39 is 11.9 Å². The molecule has 162 valence electrons. The maximum absolute atomic E-state index is 13.2. The average Bonchev–Trinajstić information content (AvgIpc) is 3.31. The van der Waals surface area contributed by atoms with Gasteiger partial charge in [-0.1, -0.05) is 47.6 Å². The number of imide groups is 1. The van der Waals surface area contributed by atoms with Crippen LogP contribution in [0.1, 0.15) is 5.76 Å². The van der Waals surface area contributed by atoms with E-state index in [0.717, 1.165) is 11.8 Å². The summed E-state index contributed by atoms with van der Waals surface area (Å²) in [6.07, 6.45) is 1.49. The van der Waals surface area contributed by atoms with Gasteiger partial charge in [0.25, 0.3) is 5.56 Å². The Morgan fingerprint density at radius 2 is 1.84 bits per heavy atom. The number of urea groups is 1. The number of carbonyl (C=O) groups is 2. The Hall–Kier alpha value is -3.56. The second-order valence-electron chi connectivity index (χ2n) is 6.60. The van der Waals surface area contributed by atoms with E-state index in [2.05, 4.69) is 15.6 Å². The Kier molecular flexibility index (Phi) is 6.58. The van der Waals surface area contributed by atoms with Crippen LogP contribution in [-0.2, 0) is 11.3 Å². The molecule has 0 aliphatic carbocycles. The molecule has 0 spiro atoms. The lowest BCUT2D eigenvalue weighted by Gasteiger charge is -2.14. The molecule has 2 aromatic carbocycles. The fraction of sp³-hybridized carbons (Fsp3) is 0.0909. The first-order chi connectivity index (χ1) is 15.5. The van der Waals surface area contributed by atoms with Crippen molar-refractivity contribution in [2.45, 2.75) is 11.7 Å². The molecule has 3 amide bonds. The highest BCUT2D eigenvalue weighted by atomic mass is 35.5. The van der Waals surface area contributed by atoms with Gasteiger partial charge in [-0.3, -0.25) is 19.5 Å². The minimum absolute atomic E-state index is 0.136. The van der Waals surface area contributed by atoms with Crippen LogP contribution in [0, 0.1) is 0 Å². The number of benzene rings is 2. The van der Waals surface area contributed by atoms with E-state index in [0.29, 0.717) is 27.4 Å². The van der Waals surface area contributed by atoms with E-state index in [4.69, 9.17) is 16.0 Å². The number of nitrogens with zero attached hydrogens (tertiary/aromatic N) is 2. The van der Waals surface area contributed by atoms with Gasteiger partial charge in [-0.15, -0.1) is 0 Å². The number of amides is 3. The third kappa shape index (κ3) is 4.84. The van der Waals surface area contributed by atoms with Gasteiger partial charge in [0.05, 0.1) is 40.2 Å². The number of rotatable bonds is 6. The number of fused-ring (bicyclic) bond motifs is 1. The topological polar surface area (TPSA) is 106 Å². The van der Waals surface area contributed by atoms with Crippen molar-refractivity contribution in [3.63, 3.8) is 0 Å². The highest BCUT2D eigenvalue weighted by Gasteiger charge is 2.17. The normalized spacial score (nSPS) is 10.8. The molecule has 0 aliphatic rings. The number of para-hydroxylation sites is 2. The van der Waals surface area contributed by atoms with E-state index in [1.54, 1.807) is 60.7 Å². The Morgan fingerprint density at radius 1 is 1.06 bits per heavy atom. The molecular formula is C22H17ClN4O4S. The third-order valence-electron chi connectivity index (χ3n) is 4.43. The number of nitrogens with one attached hydrogen (secondary N) is 2. The zero-order chi connectivity index (χ0) is 22.5. The quantitative estimate of drug-likeness (QED) is 0.330. The van der Waals surface area contributed by atoms with Crippen LogP contribution in [0.4, 0.5) is 4.79 Å². The van der Waals surface area contributed by atoms with Gasteiger partial charge < -0.3 is 9.73 Å². The number of hydrogen-bond acceptors (Lipinski definition) is 6. The van der Waals surface area contributed by atoms with Crippen molar-refractivity contribution in [3.05, 3.63) is 88.1 Å². The van der Waals surface area contributed by atoms with Gasteiger partial charge in [0, 0.05) is 0 Å². The number of furan rings is 1. The van der Waals surface area contributed by atoms with E-state index in [-0.39, 0.29) is 23.0 Å². The van der Waals surface area contributed by atoms with Crippen LogP contribution < -0.4 is 16.2 Å². The number of halogens is 1. The minimum Gasteiger partial charge on any atom is -0.467 e. The molecule has 0 radical (unpaired) electrons. The molecule has 4 rings (SSSR count). The van der Waals surface area contributed by atoms with Gasteiger partial charge in [0.1, 0.15) is 5.76 Å². The molecule has 0 fully saturated rings. The maximum atomic E-state index is 13.2. The van der Waals surface area contributed by atoms with Crippen LogP contribution in [0.25, 0.3) is 16.6 Å². The van der Waals surface area contributed by atoms with Crippen molar-refractivity contribution in [2.75, 3.05) is 5.75 Å². The van der Waals surface area contributed by atoms with Crippen LogP contribution >= 0.6 is 23.4 Å². The van der Waals surface area contributed by atoms with Gasteiger partial charge >= 0.3 is 6.03 Å². The lowest BCUT2D eigenvalue weighted by atomic mass is 10.2. The lowest BCUT2D eigenvalue weighted by molar-refractivity contribution is -0.117. The van der Waals surface area contributed by atoms with Crippen LogP contribution in [0.15, 0.2) is 81.3 Å². The lowest BCUT2D eigenvalue weighted by Crippen LogP contribution is -2.40. The predicted molar refractivity (Wildman–Crippen MR) is 122 cm³/mol. The molecule has 0 bridgehead atoms. The first-order valence-electron chi connectivity index (χ1n) is 9.52. The molecule has 2 heterocycles. The summed E-state index contributed by atoms with van der Waals surface area (Å²) in [6.45, 7) is 0.150. The molecular weight excluding hydrogens is 452 g/mol. The SMILES string of the molecule is O=C(CSc1nc2ccccc2c(=O)n1-c1ccccc1Cl)NC(=O)NCc1ccco1. The molecule has 4 aromatic rings. The smallest absolute Gasteiger partial charge is 0.321 e. The monoisotopic (exact) mass is 468 g/mol. The number of thioether (sulfide) groups is 1. The van der Waals surface area contributed by atoms with Crippen LogP contribution in [0.3, 0.4) is 0 Å². The second kappa shape index (κ2) is 9.71. The van der Waals surface area contributed by atoms with E-state index >= 15 is 0 Å². The van der Waals surface area contributed by atoms with Gasteiger partial charge in [-0.05, 0) is 36.4 Å². The molecule has 0 saturated heterocycles. The molecule has 0 saturated carbocycles. The summed E-state index contributed by atoms with van der Waals surface area (Å²) in [4.78, 5) is 42.0. The average molecular weight is 469 g/mol. The van der Waals surface area contributed by atoms with E-state index in [1.165, 1.54) is 10.8 Å². The highest BCUT2D eigenvalue weighted by Crippen LogP contribution is 2.25. The Labute approximate surface area is 191 Å². The van der Waals surface area contributed by atoms with Crippen LogP contribution in [0.2, 0.25) is 5.02 Å². The molecule has 32 heavy (non-hydrogen) atoms. The first-order valence-corrected chi connectivity index (χ1v) is 10.9. The zero-order valence-corrected chi connectivity index (χ0v) is 18.2. The standard InChI is InChI=1S/C22H17ClN4O4S/c23-16-8-2-4-10-18(16)27-20(29)15-7-1-3-9-17(15)25-22(27)32-13-19(28)26-21(30)24-12-14-6-5-11-31-14/h1-11H,12-13H2,(H2,24,26,28,30). The summed E-state index contributed by atoms with van der Waals surface area (Å²) in [5.74, 6) is -0.116. The molecule has 0 atom stereocenters. The number of hydrogen-bond donors (Lipinski definition) is 2. The predicted octanol–water partition coefficient (Wildman–Crippen LogP) is 3.75. The Bertz CT molecular complexity index is 1340. The van der Waals surface area contributed by atoms with Gasteiger partial charge in [0.15, 0.2) is 5.16 Å². The largest absolute Gasteiger partial charge is 0.467 e. The van der Waals surface area contributed by atoms with Crippen molar-refractivity contribution in [2.24, 2.45) is 0 Å². The van der Waals surface area contributed by atoms with Crippen molar-refractivity contribution >= 4 is 46.2 Å². The summed E-state index contributed by atoms with van der Waals surface area (Å²) in [5, 5.41) is 5.86. The Morgan fingerprint density at radius 3 is 2.62 bits per heavy atom. The summed E-state index contributed by atoms with van der Waals surface area (Å²) in [7, 11) is 0. The third-order valence-corrected chi connectivity index (χ3v) is 5.69. The van der Waals surface area contributed by atoms with Gasteiger partial charge in [-0.2, -0.15) is 0 Å². The summed E-state index contributed by atoms with van der Waals surface area (Å²) in [6, 6.07) is 16.6. The minimum atomic E-state index is -0.651. The maximum Gasteiger partial charge on any atom is 0.321 e. The fourth-order valence-electron chi connectivity index (χ4n) is 2.97. The molecule has 2 N–H and O–H groups in total. The van der Waals surface area contributed by atoms with Crippen molar-refractivity contribution in [1.82, 2.24) is 20.2 Å². The zero-order valence-electron chi connectivity index (χ0n) is 16.6. The highest BCUT2D eigenvalue weighted by molar-refractivity contribution is 7.99. The molecule has 0 unspecified atom stereocenters. The van der Waals surface area contributed by atoms with E-state index in [9.17, 15) is 14.4 Å². The fourth-order valence-corrected chi connectivity index (χ4v) is 4.00. The van der Waals surface area contributed by atoms with E-state index in [1.807, 2.05) is 0 Å². The number of carbonyl (C=O) groups excluding carboxylic acids is 2. The second-order valence-corrected chi connectivity index (χ2v) is 7.95. The number of aromatic nitrogens is 2. The summed E-state index contributed by atoms with van der Waals surface area (Å²) >= 11 is 7.35. The Balaban J connectivity index is 1.54. The first kappa shape index (κ1) is 21.7. The van der Waals surface area contributed by atoms with Crippen molar-refractivity contribution in [3.8, 4) is 5.69 Å².